The summed E-state index contributed by atoms with van der Waals surface area (Å²) in [5.74, 6) is 1.10. The molecule has 1 N–H and O–H groups in total. The molecule has 1 atom stereocenters. The number of thiophene rings is 1. The van der Waals surface area contributed by atoms with Crippen LogP contribution in [0.4, 0.5) is 0 Å². The molecule has 0 fully saturated rings. The zero-order chi connectivity index (χ0) is 13.2. The van der Waals surface area contributed by atoms with E-state index < -0.39 is 0 Å². The monoisotopic (exact) mass is 273 g/mol. The Kier molecular flexibility index (Phi) is 3.58. The molecule has 0 saturated carbocycles. The van der Waals surface area contributed by atoms with Gasteiger partial charge >= 0.3 is 0 Å². The number of ether oxygens (including phenoxy) is 1. The summed E-state index contributed by atoms with van der Waals surface area (Å²) >= 11 is 1.82. The van der Waals surface area contributed by atoms with Crippen molar-refractivity contribution in [2.24, 2.45) is 0 Å². The highest BCUT2D eigenvalue weighted by Crippen LogP contribution is 2.38. The average Bonchev–Trinajstić information content (AvgIpc) is 3.04. The molecule has 100 valence electrons. The average molecular weight is 273 g/mol. The molecule has 19 heavy (non-hydrogen) atoms. The molecule has 0 radical (unpaired) electrons. The zero-order valence-corrected chi connectivity index (χ0v) is 12.2. The fourth-order valence-electron chi connectivity index (χ4n) is 2.70. The summed E-state index contributed by atoms with van der Waals surface area (Å²) in [6.07, 6.45) is 1.03. The minimum absolute atomic E-state index is 0.248. The fourth-order valence-corrected chi connectivity index (χ4v) is 3.72. The van der Waals surface area contributed by atoms with E-state index in [1.807, 2.05) is 11.3 Å². The van der Waals surface area contributed by atoms with Crippen LogP contribution in [0.2, 0.25) is 0 Å². The zero-order valence-electron chi connectivity index (χ0n) is 11.4. The van der Waals surface area contributed by atoms with Crippen molar-refractivity contribution in [1.82, 2.24) is 5.32 Å². The Labute approximate surface area is 118 Å². The highest BCUT2D eigenvalue weighted by molar-refractivity contribution is 7.10. The van der Waals surface area contributed by atoms with E-state index in [0.29, 0.717) is 0 Å². The van der Waals surface area contributed by atoms with Crippen LogP contribution in [0.25, 0.3) is 0 Å². The maximum atomic E-state index is 5.86. The summed E-state index contributed by atoms with van der Waals surface area (Å²) in [6.45, 7) is 6.10. The van der Waals surface area contributed by atoms with Crippen molar-refractivity contribution in [3.63, 3.8) is 0 Å². The molecule has 1 aliphatic heterocycles. The predicted octanol–water partition coefficient (Wildman–Crippen LogP) is 3.69. The minimum Gasteiger partial charge on any atom is -0.493 e. The van der Waals surface area contributed by atoms with E-state index in [0.717, 1.165) is 25.3 Å². The molecule has 1 aromatic carbocycles. The quantitative estimate of drug-likeness (QED) is 0.917. The Bertz CT molecular complexity index is 576. The standard InChI is InChI=1S/C16H19NOS/c1-3-17-14(16-11(2)8-10-19-16)13-6-4-5-12-7-9-18-15(12)13/h4-6,8,10,14,17H,3,7,9H2,1-2H3. The summed E-state index contributed by atoms with van der Waals surface area (Å²) in [5, 5.41) is 5.77. The van der Waals surface area contributed by atoms with E-state index >= 15 is 0 Å². The van der Waals surface area contributed by atoms with Crippen LogP contribution < -0.4 is 10.1 Å². The molecule has 0 amide bonds. The molecule has 3 rings (SSSR count). The van der Waals surface area contributed by atoms with Gasteiger partial charge in [-0.1, -0.05) is 25.1 Å². The minimum atomic E-state index is 0.248. The van der Waals surface area contributed by atoms with Gasteiger partial charge in [-0.25, -0.2) is 0 Å². The van der Waals surface area contributed by atoms with Gasteiger partial charge in [-0.05, 0) is 36.0 Å². The highest BCUT2D eigenvalue weighted by Gasteiger charge is 2.24. The van der Waals surface area contributed by atoms with Gasteiger partial charge in [0.25, 0.3) is 0 Å². The van der Waals surface area contributed by atoms with Gasteiger partial charge in [0, 0.05) is 16.9 Å². The maximum absolute atomic E-state index is 5.86. The lowest BCUT2D eigenvalue weighted by Crippen LogP contribution is -2.22. The number of hydrogen-bond donors (Lipinski definition) is 1. The van der Waals surface area contributed by atoms with Crippen LogP contribution in [0, 0.1) is 6.92 Å². The van der Waals surface area contributed by atoms with Gasteiger partial charge in [0.15, 0.2) is 0 Å². The molecule has 1 unspecified atom stereocenters. The lowest BCUT2D eigenvalue weighted by Gasteiger charge is -2.20. The Hall–Kier alpha value is -1.32. The Morgan fingerprint density at radius 3 is 3.00 bits per heavy atom. The molecule has 0 saturated heterocycles. The van der Waals surface area contributed by atoms with Gasteiger partial charge in [-0.15, -0.1) is 11.3 Å². The van der Waals surface area contributed by atoms with Crippen LogP contribution in [0.15, 0.2) is 29.6 Å². The molecule has 1 aromatic heterocycles. The number of aryl methyl sites for hydroxylation is 1. The molecule has 2 heterocycles. The molecule has 3 heteroatoms. The third-order valence-corrected chi connectivity index (χ3v) is 4.71. The second-order valence-corrected chi connectivity index (χ2v) is 5.84. The Balaban J connectivity index is 2.06. The normalized spacial score (nSPS) is 15.1. The topological polar surface area (TPSA) is 21.3 Å². The maximum Gasteiger partial charge on any atom is 0.127 e. The number of benzene rings is 1. The summed E-state index contributed by atoms with van der Waals surface area (Å²) < 4.78 is 5.86. The van der Waals surface area contributed by atoms with E-state index in [1.54, 1.807) is 0 Å². The van der Waals surface area contributed by atoms with Crippen molar-refractivity contribution in [2.45, 2.75) is 26.3 Å². The van der Waals surface area contributed by atoms with Gasteiger partial charge in [0.1, 0.15) is 5.75 Å². The molecule has 0 spiro atoms. The molecule has 1 aliphatic rings. The number of hydrogen-bond acceptors (Lipinski definition) is 3. The lowest BCUT2D eigenvalue weighted by molar-refractivity contribution is 0.350. The first-order chi connectivity index (χ1) is 9.31. The van der Waals surface area contributed by atoms with Crippen molar-refractivity contribution >= 4 is 11.3 Å². The second kappa shape index (κ2) is 5.35. The smallest absolute Gasteiger partial charge is 0.127 e. The predicted molar refractivity (Wildman–Crippen MR) is 80.2 cm³/mol. The van der Waals surface area contributed by atoms with Crippen LogP contribution in [-0.4, -0.2) is 13.2 Å². The third-order valence-electron chi connectivity index (χ3n) is 3.63. The first-order valence-corrected chi connectivity index (χ1v) is 7.71. The molecular formula is C16H19NOS. The largest absolute Gasteiger partial charge is 0.493 e. The fraction of sp³-hybridized carbons (Fsp3) is 0.375. The molecule has 2 nitrogen and oxygen atoms in total. The number of rotatable bonds is 4. The summed E-state index contributed by atoms with van der Waals surface area (Å²) in [7, 11) is 0. The first-order valence-electron chi connectivity index (χ1n) is 6.83. The van der Waals surface area contributed by atoms with Crippen molar-refractivity contribution < 1.29 is 4.74 Å². The van der Waals surface area contributed by atoms with E-state index in [-0.39, 0.29) is 6.04 Å². The van der Waals surface area contributed by atoms with Crippen LogP contribution in [-0.2, 0) is 6.42 Å². The summed E-state index contributed by atoms with van der Waals surface area (Å²) in [4.78, 5) is 1.39. The van der Waals surface area contributed by atoms with Gasteiger partial charge in [0.05, 0.1) is 12.6 Å². The molecular weight excluding hydrogens is 254 g/mol. The van der Waals surface area contributed by atoms with Gasteiger partial charge in [0.2, 0.25) is 0 Å². The van der Waals surface area contributed by atoms with E-state index in [2.05, 4.69) is 48.8 Å². The molecule has 2 aromatic rings. The third kappa shape index (κ3) is 2.28. The van der Waals surface area contributed by atoms with Gasteiger partial charge < -0.3 is 10.1 Å². The van der Waals surface area contributed by atoms with E-state index in [1.165, 1.54) is 21.6 Å². The van der Waals surface area contributed by atoms with Crippen molar-refractivity contribution in [3.8, 4) is 5.75 Å². The number of fused-ring (bicyclic) bond motifs is 1. The van der Waals surface area contributed by atoms with Crippen molar-refractivity contribution in [3.05, 3.63) is 51.2 Å². The highest BCUT2D eigenvalue weighted by atomic mass is 32.1. The second-order valence-electron chi connectivity index (χ2n) is 4.89. The van der Waals surface area contributed by atoms with Gasteiger partial charge in [-0.3, -0.25) is 0 Å². The van der Waals surface area contributed by atoms with Crippen LogP contribution in [0.1, 0.15) is 34.5 Å². The van der Waals surface area contributed by atoms with Crippen molar-refractivity contribution in [1.29, 1.82) is 0 Å². The molecule has 0 aliphatic carbocycles. The first kappa shape index (κ1) is 12.7. The van der Waals surface area contributed by atoms with Crippen molar-refractivity contribution in [2.75, 3.05) is 13.2 Å². The van der Waals surface area contributed by atoms with Crippen LogP contribution in [0.3, 0.4) is 0 Å². The summed E-state index contributed by atoms with van der Waals surface area (Å²) in [5.41, 5.74) is 3.98. The van der Waals surface area contributed by atoms with Crippen LogP contribution >= 0.6 is 11.3 Å². The number of nitrogens with one attached hydrogen (secondary N) is 1. The Morgan fingerprint density at radius 1 is 1.37 bits per heavy atom. The van der Waals surface area contributed by atoms with Gasteiger partial charge in [-0.2, -0.15) is 0 Å². The van der Waals surface area contributed by atoms with E-state index in [4.69, 9.17) is 4.74 Å². The SMILES string of the molecule is CCNC(c1cccc2c1OCC2)c1sccc1C. The van der Waals surface area contributed by atoms with Crippen LogP contribution in [0.5, 0.6) is 5.75 Å². The number of para-hydroxylation sites is 1. The lowest BCUT2D eigenvalue weighted by atomic mass is 9.99. The summed E-state index contributed by atoms with van der Waals surface area (Å²) in [6, 6.07) is 8.95. The van der Waals surface area contributed by atoms with E-state index in [9.17, 15) is 0 Å². The molecule has 0 bridgehead atoms. The Morgan fingerprint density at radius 2 is 2.26 bits per heavy atom.